The minimum Gasteiger partial charge on any atom is -0.507 e. The normalized spacial score (nSPS) is 14.8. The molecular formula is C23H22N2O3. The first kappa shape index (κ1) is 18.0. The monoisotopic (exact) mass is 374 g/mol. The largest absolute Gasteiger partial charge is 0.507 e. The van der Waals surface area contributed by atoms with Gasteiger partial charge >= 0.3 is 0 Å². The minimum atomic E-state index is -0.170. The molecular weight excluding hydrogens is 352 g/mol. The van der Waals surface area contributed by atoms with E-state index in [1.807, 2.05) is 42.5 Å². The maximum Gasteiger partial charge on any atom is 0.257 e. The fraction of sp³-hybridized carbons (Fsp3) is 0.217. The molecule has 0 atom stereocenters. The average molecular weight is 374 g/mol. The molecule has 0 saturated carbocycles. The van der Waals surface area contributed by atoms with E-state index in [1.54, 1.807) is 23.1 Å². The number of rotatable bonds is 3. The summed E-state index contributed by atoms with van der Waals surface area (Å²) in [7, 11) is 0. The Bertz CT molecular complexity index is 1020. The molecule has 3 aromatic rings. The summed E-state index contributed by atoms with van der Waals surface area (Å²) in [5.74, 6) is -0.252. The molecule has 5 nitrogen and oxygen atoms in total. The molecule has 1 aliphatic rings. The third-order valence-electron chi connectivity index (χ3n) is 5.29. The van der Waals surface area contributed by atoms with Gasteiger partial charge in [0.05, 0.1) is 5.56 Å². The van der Waals surface area contributed by atoms with Crippen molar-refractivity contribution in [3.05, 3.63) is 77.9 Å². The van der Waals surface area contributed by atoms with E-state index in [4.69, 9.17) is 0 Å². The van der Waals surface area contributed by atoms with Crippen LogP contribution in [-0.4, -0.2) is 41.0 Å². The molecule has 5 heteroatoms. The van der Waals surface area contributed by atoms with E-state index in [1.165, 1.54) is 6.07 Å². The van der Waals surface area contributed by atoms with Gasteiger partial charge in [-0.25, -0.2) is 0 Å². The summed E-state index contributed by atoms with van der Waals surface area (Å²) in [6, 6.07) is 20.2. The Balaban J connectivity index is 1.40. The summed E-state index contributed by atoms with van der Waals surface area (Å²) in [6.07, 6.45) is 1.38. The number of piperidine rings is 1. The molecule has 28 heavy (non-hydrogen) atoms. The number of hydrogen-bond acceptors (Lipinski definition) is 3. The van der Waals surface area contributed by atoms with Crippen molar-refractivity contribution >= 4 is 22.6 Å². The number of nitrogens with one attached hydrogen (secondary N) is 1. The second-order valence-electron chi connectivity index (χ2n) is 7.08. The fourth-order valence-corrected chi connectivity index (χ4v) is 3.74. The summed E-state index contributed by atoms with van der Waals surface area (Å²) < 4.78 is 0. The van der Waals surface area contributed by atoms with Crippen molar-refractivity contribution in [2.24, 2.45) is 0 Å². The Labute approximate surface area is 163 Å². The van der Waals surface area contributed by atoms with Gasteiger partial charge in [0, 0.05) is 24.7 Å². The first-order valence-electron chi connectivity index (χ1n) is 9.49. The molecule has 0 unspecified atom stereocenters. The van der Waals surface area contributed by atoms with Crippen LogP contribution in [0.15, 0.2) is 66.7 Å². The molecule has 1 fully saturated rings. The SMILES string of the molecule is O=C(NC1CCN(C(=O)c2ccccc2O)CC1)c1cccc2ccccc12. The van der Waals surface area contributed by atoms with E-state index in [2.05, 4.69) is 5.32 Å². The topological polar surface area (TPSA) is 69.6 Å². The average Bonchev–Trinajstić information content (AvgIpc) is 2.73. The lowest BCUT2D eigenvalue weighted by molar-refractivity contribution is 0.0695. The van der Waals surface area contributed by atoms with Gasteiger partial charge in [-0.15, -0.1) is 0 Å². The first-order chi connectivity index (χ1) is 13.6. The first-order valence-corrected chi connectivity index (χ1v) is 9.49. The lowest BCUT2D eigenvalue weighted by Gasteiger charge is -2.32. The number of phenols is 1. The third kappa shape index (κ3) is 3.56. The molecule has 2 N–H and O–H groups in total. The maximum absolute atomic E-state index is 12.8. The Morgan fingerprint density at radius 1 is 0.857 bits per heavy atom. The number of hydrogen-bond donors (Lipinski definition) is 2. The second kappa shape index (κ2) is 7.72. The van der Waals surface area contributed by atoms with Gasteiger partial charge in [0.25, 0.3) is 11.8 Å². The number of aromatic hydroxyl groups is 1. The number of carbonyl (C=O) groups excluding carboxylic acids is 2. The molecule has 3 aromatic carbocycles. The zero-order valence-electron chi connectivity index (χ0n) is 15.5. The Morgan fingerprint density at radius 2 is 1.50 bits per heavy atom. The van der Waals surface area contributed by atoms with Crippen molar-refractivity contribution in [2.75, 3.05) is 13.1 Å². The van der Waals surface area contributed by atoms with Crippen LogP contribution in [0, 0.1) is 0 Å². The smallest absolute Gasteiger partial charge is 0.257 e. The molecule has 142 valence electrons. The van der Waals surface area contributed by atoms with E-state index in [-0.39, 0.29) is 23.6 Å². The highest BCUT2D eigenvalue weighted by Crippen LogP contribution is 2.22. The van der Waals surface area contributed by atoms with Crippen molar-refractivity contribution in [3.63, 3.8) is 0 Å². The summed E-state index contributed by atoms with van der Waals surface area (Å²) in [6.45, 7) is 1.10. The van der Waals surface area contributed by atoms with Crippen LogP contribution in [0.3, 0.4) is 0 Å². The van der Waals surface area contributed by atoms with Gasteiger partial charge in [-0.1, -0.05) is 48.5 Å². The minimum absolute atomic E-state index is 0.00104. The van der Waals surface area contributed by atoms with E-state index < -0.39 is 0 Å². The zero-order chi connectivity index (χ0) is 19.5. The number of fused-ring (bicyclic) bond motifs is 1. The van der Waals surface area contributed by atoms with Gasteiger partial charge in [-0.05, 0) is 41.8 Å². The Hall–Kier alpha value is -3.34. The fourth-order valence-electron chi connectivity index (χ4n) is 3.74. The van der Waals surface area contributed by atoms with Gasteiger partial charge in [-0.3, -0.25) is 9.59 Å². The highest BCUT2D eigenvalue weighted by atomic mass is 16.3. The number of amides is 2. The predicted octanol–water partition coefficient (Wildman–Crippen LogP) is 3.58. The highest BCUT2D eigenvalue weighted by Gasteiger charge is 2.26. The van der Waals surface area contributed by atoms with E-state index in [0.29, 0.717) is 37.1 Å². The summed E-state index contributed by atoms with van der Waals surface area (Å²) in [4.78, 5) is 27.1. The van der Waals surface area contributed by atoms with Gasteiger partial charge in [-0.2, -0.15) is 0 Å². The molecule has 0 bridgehead atoms. The quantitative estimate of drug-likeness (QED) is 0.736. The van der Waals surface area contributed by atoms with Crippen molar-refractivity contribution in [1.82, 2.24) is 10.2 Å². The second-order valence-corrected chi connectivity index (χ2v) is 7.08. The van der Waals surface area contributed by atoms with Crippen LogP contribution in [0.1, 0.15) is 33.6 Å². The number of para-hydroxylation sites is 1. The van der Waals surface area contributed by atoms with Crippen LogP contribution in [0.5, 0.6) is 5.75 Å². The van der Waals surface area contributed by atoms with Crippen molar-refractivity contribution in [1.29, 1.82) is 0 Å². The lowest BCUT2D eigenvalue weighted by Crippen LogP contribution is -2.46. The van der Waals surface area contributed by atoms with Crippen LogP contribution in [0.25, 0.3) is 10.8 Å². The van der Waals surface area contributed by atoms with Crippen molar-refractivity contribution in [2.45, 2.75) is 18.9 Å². The zero-order valence-corrected chi connectivity index (χ0v) is 15.5. The third-order valence-corrected chi connectivity index (χ3v) is 5.29. The molecule has 1 heterocycles. The Kier molecular flexibility index (Phi) is 4.98. The molecule has 1 saturated heterocycles. The molecule has 1 aliphatic heterocycles. The van der Waals surface area contributed by atoms with Crippen LogP contribution in [-0.2, 0) is 0 Å². The van der Waals surface area contributed by atoms with Gasteiger partial charge in [0.15, 0.2) is 0 Å². The molecule has 0 aromatic heterocycles. The predicted molar refractivity (Wildman–Crippen MR) is 108 cm³/mol. The van der Waals surface area contributed by atoms with Gasteiger partial charge < -0.3 is 15.3 Å². The van der Waals surface area contributed by atoms with Crippen LogP contribution >= 0.6 is 0 Å². The summed E-state index contributed by atoms with van der Waals surface area (Å²) >= 11 is 0. The number of likely N-dealkylation sites (tertiary alicyclic amines) is 1. The molecule has 0 spiro atoms. The molecule has 4 rings (SSSR count). The van der Waals surface area contributed by atoms with Crippen molar-refractivity contribution < 1.29 is 14.7 Å². The number of benzene rings is 3. The highest BCUT2D eigenvalue weighted by molar-refractivity contribution is 6.07. The lowest BCUT2D eigenvalue weighted by atomic mass is 10.0. The van der Waals surface area contributed by atoms with Crippen LogP contribution in [0.4, 0.5) is 0 Å². The molecule has 2 amide bonds. The van der Waals surface area contributed by atoms with E-state index in [0.717, 1.165) is 10.8 Å². The molecule has 0 aliphatic carbocycles. The van der Waals surface area contributed by atoms with E-state index in [9.17, 15) is 14.7 Å². The number of nitrogens with zero attached hydrogens (tertiary/aromatic N) is 1. The molecule has 0 radical (unpaired) electrons. The van der Waals surface area contributed by atoms with E-state index >= 15 is 0 Å². The van der Waals surface area contributed by atoms with Crippen LogP contribution < -0.4 is 5.32 Å². The van der Waals surface area contributed by atoms with Gasteiger partial charge in [0.2, 0.25) is 0 Å². The maximum atomic E-state index is 12.8. The standard InChI is InChI=1S/C23H22N2O3/c26-21-11-4-3-9-20(21)23(28)25-14-12-17(13-15-25)24-22(27)19-10-5-7-16-6-1-2-8-18(16)19/h1-11,17,26H,12-15H2,(H,24,27). The number of carbonyl (C=O) groups is 2. The van der Waals surface area contributed by atoms with Gasteiger partial charge in [0.1, 0.15) is 5.75 Å². The van der Waals surface area contributed by atoms with Crippen LogP contribution in [0.2, 0.25) is 0 Å². The Morgan fingerprint density at radius 3 is 2.29 bits per heavy atom. The van der Waals surface area contributed by atoms with Crippen molar-refractivity contribution in [3.8, 4) is 5.75 Å². The summed E-state index contributed by atoms with van der Waals surface area (Å²) in [5, 5.41) is 15.0. The number of phenolic OH excluding ortho intramolecular Hbond substituents is 1. The summed E-state index contributed by atoms with van der Waals surface area (Å²) in [5.41, 5.74) is 0.992.